The first-order chi connectivity index (χ1) is 23.8. The number of carbonyl (C=O) groups is 3. The highest BCUT2D eigenvalue weighted by Gasteiger charge is 2.34. The van der Waals surface area contributed by atoms with Crippen LogP contribution in [0.5, 0.6) is 0 Å². The van der Waals surface area contributed by atoms with Gasteiger partial charge in [0.25, 0.3) is 11.6 Å². The van der Waals surface area contributed by atoms with E-state index in [1.54, 1.807) is 59.5 Å². The van der Waals surface area contributed by atoms with E-state index in [2.05, 4.69) is 22.3 Å². The Balaban J connectivity index is 0.00000486. The van der Waals surface area contributed by atoms with E-state index in [4.69, 9.17) is 11.6 Å². The maximum absolute atomic E-state index is 13.9. The molecule has 50 heavy (non-hydrogen) atoms. The molecule has 0 saturated carbocycles. The number of nitrogens with one attached hydrogen (secondary N) is 2. The van der Waals surface area contributed by atoms with Gasteiger partial charge in [-0.05, 0) is 67.3 Å². The zero-order valence-electron chi connectivity index (χ0n) is 27.5. The molecule has 2 aliphatic heterocycles. The van der Waals surface area contributed by atoms with Gasteiger partial charge in [0.15, 0.2) is 0 Å². The fourth-order valence-corrected chi connectivity index (χ4v) is 7.01. The number of hydrogen-bond acceptors (Lipinski definition) is 6. The summed E-state index contributed by atoms with van der Waals surface area (Å²) in [5.41, 5.74) is 3.65. The number of fused-ring (bicyclic) bond motifs is 2. The van der Waals surface area contributed by atoms with Crippen LogP contribution in [-0.2, 0) is 11.3 Å². The van der Waals surface area contributed by atoms with Crippen LogP contribution in [0.4, 0.5) is 22.7 Å². The lowest BCUT2D eigenvalue weighted by atomic mass is 10.00. The molecule has 1 unspecified atom stereocenters. The highest BCUT2D eigenvalue weighted by molar-refractivity contribution is 6.31. The summed E-state index contributed by atoms with van der Waals surface area (Å²) in [4.78, 5) is 56.3. The van der Waals surface area contributed by atoms with Crippen molar-refractivity contribution in [1.82, 2.24) is 4.90 Å². The topological polar surface area (TPSA) is 117 Å². The molecule has 2 aliphatic rings. The van der Waals surface area contributed by atoms with Gasteiger partial charge in [-0.3, -0.25) is 34.4 Å². The molecule has 0 aliphatic carbocycles. The van der Waals surface area contributed by atoms with Crippen LogP contribution in [0.1, 0.15) is 64.8 Å². The third-order valence-electron chi connectivity index (χ3n) is 9.38. The summed E-state index contributed by atoms with van der Waals surface area (Å²) in [7, 11) is 0. The number of carbonyl (C=O) groups excluding carboxylic acids is 3. The second-order valence-corrected chi connectivity index (χ2v) is 13.1. The van der Waals surface area contributed by atoms with Crippen molar-refractivity contribution in [2.45, 2.75) is 51.1 Å². The van der Waals surface area contributed by atoms with Gasteiger partial charge in [0.1, 0.15) is 0 Å². The minimum Gasteiger partial charge on any atom is -1.00 e. The average Bonchev–Trinajstić information content (AvgIpc) is 3.23. The Morgan fingerprint density at radius 2 is 1.58 bits per heavy atom. The summed E-state index contributed by atoms with van der Waals surface area (Å²) < 4.78 is 0. The van der Waals surface area contributed by atoms with Crippen LogP contribution in [0, 0.1) is 10.1 Å². The smallest absolute Gasteiger partial charge is 0.344 e. The Hall–Kier alpha value is -4.61. The van der Waals surface area contributed by atoms with Gasteiger partial charge in [-0.1, -0.05) is 54.1 Å². The van der Waals surface area contributed by atoms with E-state index >= 15 is 0 Å². The molecule has 2 N–H and O–H groups in total. The molecular formula is C38H39Cl2N5O5. The lowest BCUT2D eigenvalue weighted by molar-refractivity contribution is -0.844. The molecule has 2 heterocycles. The predicted molar refractivity (Wildman–Crippen MR) is 189 cm³/mol. The molecule has 1 fully saturated rings. The Kier molecular flexibility index (Phi) is 12.4. The number of quaternary nitrogens is 1. The fourth-order valence-electron chi connectivity index (χ4n) is 6.84. The number of piperidine rings is 1. The summed E-state index contributed by atoms with van der Waals surface area (Å²) in [6.07, 6.45) is 4.06. The van der Waals surface area contributed by atoms with Gasteiger partial charge in [-0.25, -0.2) is 4.79 Å². The van der Waals surface area contributed by atoms with Crippen molar-refractivity contribution in [3.63, 3.8) is 0 Å². The number of rotatable bonds is 11. The van der Waals surface area contributed by atoms with Crippen LogP contribution in [-0.4, -0.2) is 53.2 Å². The molecule has 10 nitrogen and oxygen atoms in total. The van der Waals surface area contributed by atoms with E-state index in [1.165, 1.54) is 17.7 Å². The quantitative estimate of drug-likeness (QED) is 0.140. The highest BCUT2D eigenvalue weighted by Crippen LogP contribution is 2.39. The van der Waals surface area contributed by atoms with Crippen molar-refractivity contribution in [2.75, 3.05) is 29.9 Å². The second kappa shape index (κ2) is 16.9. The molecule has 1 atom stereocenters. The minimum atomic E-state index is -0.463. The molecule has 0 spiro atoms. The van der Waals surface area contributed by atoms with Crippen molar-refractivity contribution in [2.24, 2.45) is 0 Å². The lowest BCUT2D eigenvalue weighted by Crippen LogP contribution is -3.18. The molecule has 260 valence electrons. The van der Waals surface area contributed by atoms with Crippen LogP contribution < -0.4 is 27.5 Å². The Bertz CT molecular complexity index is 1830. The van der Waals surface area contributed by atoms with E-state index in [0.29, 0.717) is 46.2 Å². The average molecular weight is 717 g/mol. The van der Waals surface area contributed by atoms with Gasteiger partial charge in [0.2, 0.25) is 5.91 Å². The third kappa shape index (κ3) is 8.57. The fraction of sp³-hybridized carbons (Fsp3) is 0.289. The number of non-ortho nitro benzene ring substituents is 1. The monoisotopic (exact) mass is 715 g/mol. The lowest BCUT2D eigenvalue weighted by Gasteiger charge is -2.35. The number of halogens is 2. The first kappa shape index (κ1) is 36.7. The Morgan fingerprint density at radius 3 is 2.30 bits per heavy atom. The van der Waals surface area contributed by atoms with Crippen LogP contribution in [0.2, 0.25) is 5.02 Å². The summed E-state index contributed by atoms with van der Waals surface area (Å²) in [6, 6.07) is 28.5. The highest BCUT2D eigenvalue weighted by atomic mass is 35.5. The van der Waals surface area contributed by atoms with E-state index < -0.39 is 4.92 Å². The van der Waals surface area contributed by atoms with Gasteiger partial charge in [0.05, 0.1) is 45.7 Å². The molecule has 6 rings (SSSR count). The molecule has 1 saturated heterocycles. The second-order valence-electron chi connectivity index (χ2n) is 12.6. The van der Waals surface area contributed by atoms with E-state index in [1.807, 2.05) is 18.2 Å². The standard InChI is InChI=1S/C38H38ClN5O5.ClH/c39-29-16-19-35-33(25-29)40-37(46)32-11-6-7-12-34(32)43(35)36(45)13-5-2-8-22-42(38(47)28-14-17-31(18-15-28)44(48)49)30-20-23-41(24-21-30)26-27-9-3-1-4-10-27;/h1,3-4,6-7,9-12,14-19,25,30H,2,5,8,13,20-24,26H2,(H,40,46);1H. The van der Waals surface area contributed by atoms with E-state index in [0.717, 1.165) is 50.2 Å². The third-order valence-corrected chi connectivity index (χ3v) is 9.62. The number of likely N-dealkylation sites (tertiary alicyclic amines) is 1. The Labute approximate surface area is 302 Å². The van der Waals surface area contributed by atoms with Crippen molar-refractivity contribution < 1.29 is 36.6 Å². The van der Waals surface area contributed by atoms with E-state index in [9.17, 15) is 24.5 Å². The van der Waals surface area contributed by atoms with Crippen LogP contribution >= 0.6 is 11.6 Å². The van der Waals surface area contributed by atoms with Crippen LogP contribution in [0.15, 0.2) is 97.1 Å². The van der Waals surface area contributed by atoms with Crippen molar-refractivity contribution in [3.8, 4) is 0 Å². The molecule has 12 heteroatoms. The summed E-state index contributed by atoms with van der Waals surface area (Å²) in [5.74, 6) is -0.494. The molecule has 4 aromatic rings. The number of benzene rings is 4. The molecule has 4 aromatic carbocycles. The maximum Gasteiger partial charge on any atom is 0.344 e. The van der Waals surface area contributed by atoms with Gasteiger partial charge in [-0.2, -0.15) is 0 Å². The maximum atomic E-state index is 13.9. The number of para-hydroxylation sites is 1. The number of hydrogen-bond donors (Lipinski definition) is 2. The van der Waals surface area contributed by atoms with Crippen molar-refractivity contribution >= 4 is 52.1 Å². The molecule has 3 amide bonds. The van der Waals surface area contributed by atoms with Gasteiger partial charge < -0.3 is 17.7 Å². The predicted octanol–water partition coefficient (Wildman–Crippen LogP) is 3.43. The SMILES string of the molecule is O=C1Nc2cc(Cl)ccc2N(C(=O)CCCCC[NH+](C(=O)c2ccc([N+](=O)[O-])cc2)C2CCN(Cc3ccccc3)CC2)c2ccccc21.[Cl-]. The summed E-state index contributed by atoms with van der Waals surface area (Å²) in [5, 5.41) is 14.5. The first-order valence-corrected chi connectivity index (χ1v) is 17.1. The van der Waals surface area contributed by atoms with Crippen molar-refractivity contribution in [3.05, 3.63) is 129 Å². The first-order valence-electron chi connectivity index (χ1n) is 16.7. The normalized spacial score (nSPS) is 15.1. The van der Waals surface area contributed by atoms with Gasteiger partial charge in [0, 0.05) is 56.1 Å². The van der Waals surface area contributed by atoms with Gasteiger partial charge in [-0.15, -0.1) is 0 Å². The van der Waals surface area contributed by atoms with Crippen LogP contribution in [0.25, 0.3) is 0 Å². The Morgan fingerprint density at radius 1 is 0.880 bits per heavy atom. The number of nitrogens with zero attached hydrogens (tertiary/aromatic N) is 3. The van der Waals surface area contributed by atoms with Crippen molar-refractivity contribution in [1.29, 1.82) is 0 Å². The number of anilines is 3. The molecule has 0 radical (unpaired) electrons. The number of nitro groups is 1. The number of amides is 3. The summed E-state index contributed by atoms with van der Waals surface area (Å²) in [6.45, 7) is 3.23. The zero-order valence-corrected chi connectivity index (χ0v) is 29.0. The molecular weight excluding hydrogens is 677 g/mol. The number of nitro benzene ring substituents is 1. The number of unbranched alkanes of at least 4 members (excludes halogenated alkanes) is 2. The summed E-state index contributed by atoms with van der Waals surface area (Å²) >= 11 is 6.23. The zero-order chi connectivity index (χ0) is 34.3. The minimum absolute atomic E-state index is 0. The van der Waals surface area contributed by atoms with Gasteiger partial charge >= 0.3 is 5.91 Å². The largest absolute Gasteiger partial charge is 1.00 e. The molecule has 0 aromatic heterocycles. The molecule has 0 bridgehead atoms. The van der Waals surface area contributed by atoms with Crippen LogP contribution in [0.3, 0.4) is 0 Å². The van der Waals surface area contributed by atoms with E-state index in [-0.39, 0.29) is 48.3 Å².